The average molecular weight is 277 g/mol. The molecule has 0 saturated heterocycles. The van der Waals surface area contributed by atoms with Crippen LogP contribution in [0, 0.1) is 12.7 Å². The number of nitrogens with zero attached hydrogens (tertiary/aromatic N) is 1. The van der Waals surface area contributed by atoms with Gasteiger partial charge in [0.1, 0.15) is 5.82 Å². The summed E-state index contributed by atoms with van der Waals surface area (Å²) in [4.78, 5) is 0. The van der Waals surface area contributed by atoms with Crippen molar-refractivity contribution < 1.29 is 4.39 Å². The second kappa shape index (κ2) is 5.85. The Morgan fingerprint density at radius 3 is 2.68 bits per heavy atom. The molecule has 1 N–H and O–H groups in total. The maximum Gasteiger partial charge on any atom is 0.124 e. The van der Waals surface area contributed by atoms with Crippen molar-refractivity contribution >= 4 is 23.0 Å². The van der Waals surface area contributed by atoms with Crippen molar-refractivity contribution in [3.63, 3.8) is 0 Å². The first-order valence-corrected chi connectivity index (χ1v) is 6.26. The molecule has 2 rings (SSSR count). The molecule has 0 unspecified atom stereocenters. The summed E-state index contributed by atoms with van der Waals surface area (Å²) in [6.45, 7) is 3.83. The van der Waals surface area contributed by atoms with Crippen LogP contribution < -0.4 is 5.43 Å². The predicted octanol–water partition coefficient (Wildman–Crippen LogP) is 4.62. The molecule has 2 aromatic rings. The van der Waals surface area contributed by atoms with E-state index >= 15 is 0 Å². The minimum atomic E-state index is -0.354. The first kappa shape index (κ1) is 13.6. The molecular weight excluding hydrogens is 263 g/mol. The highest BCUT2D eigenvalue weighted by Crippen LogP contribution is 2.18. The van der Waals surface area contributed by atoms with Gasteiger partial charge in [-0.1, -0.05) is 23.7 Å². The fourth-order valence-corrected chi connectivity index (χ4v) is 2.01. The zero-order valence-electron chi connectivity index (χ0n) is 10.7. The number of hydrazone groups is 1. The standard InChI is InChI=1S/C15H14ClFN2/c1-10-4-3-5-13(8-10)19-18-11(2)14-7-6-12(17)9-15(14)16/h3-9,19H,1-2H3/b18-11-. The Balaban J connectivity index is 2.19. The number of hydrogen-bond donors (Lipinski definition) is 1. The van der Waals surface area contributed by atoms with E-state index in [1.165, 1.54) is 12.1 Å². The van der Waals surface area contributed by atoms with Crippen molar-refractivity contribution in [2.75, 3.05) is 5.43 Å². The summed E-state index contributed by atoms with van der Waals surface area (Å²) in [7, 11) is 0. The van der Waals surface area contributed by atoms with E-state index in [1.54, 1.807) is 6.07 Å². The first-order valence-electron chi connectivity index (χ1n) is 5.88. The second-order valence-corrected chi connectivity index (χ2v) is 4.71. The number of halogens is 2. The monoisotopic (exact) mass is 276 g/mol. The highest BCUT2D eigenvalue weighted by Gasteiger charge is 2.05. The molecule has 4 heteroatoms. The van der Waals surface area contributed by atoms with E-state index in [0.717, 1.165) is 11.3 Å². The molecular formula is C15H14ClFN2. The summed E-state index contributed by atoms with van der Waals surface area (Å²) in [6.07, 6.45) is 0. The Labute approximate surface area is 116 Å². The van der Waals surface area contributed by atoms with Gasteiger partial charge in [0.2, 0.25) is 0 Å². The summed E-state index contributed by atoms with van der Waals surface area (Å²) in [5.41, 5.74) is 6.42. The molecule has 0 aliphatic carbocycles. The number of aryl methyl sites for hydroxylation is 1. The molecule has 0 saturated carbocycles. The van der Waals surface area contributed by atoms with Gasteiger partial charge >= 0.3 is 0 Å². The van der Waals surface area contributed by atoms with Gasteiger partial charge in [0, 0.05) is 5.56 Å². The molecule has 0 atom stereocenters. The fourth-order valence-electron chi connectivity index (χ4n) is 1.71. The maximum absolute atomic E-state index is 13.0. The van der Waals surface area contributed by atoms with Gasteiger partial charge in [0.05, 0.1) is 16.4 Å². The third kappa shape index (κ3) is 3.55. The molecule has 0 heterocycles. The summed E-state index contributed by atoms with van der Waals surface area (Å²) in [5.74, 6) is -0.354. The smallest absolute Gasteiger partial charge is 0.124 e. The molecule has 0 fully saturated rings. The molecule has 19 heavy (non-hydrogen) atoms. The van der Waals surface area contributed by atoms with Gasteiger partial charge in [-0.25, -0.2) is 4.39 Å². The normalized spacial score (nSPS) is 11.5. The molecule has 2 nitrogen and oxygen atoms in total. The van der Waals surface area contributed by atoms with E-state index in [9.17, 15) is 4.39 Å². The van der Waals surface area contributed by atoms with Crippen LogP contribution in [0.4, 0.5) is 10.1 Å². The van der Waals surface area contributed by atoms with Gasteiger partial charge in [-0.15, -0.1) is 0 Å². The molecule has 0 amide bonds. The van der Waals surface area contributed by atoms with Gasteiger partial charge in [0.15, 0.2) is 0 Å². The van der Waals surface area contributed by atoms with Crippen molar-refractivity contribution in [3.05, 3.63) is 64.4 Å². The topological polar surface area (TPSA) is 24.4 Å². The van der Waals surface area contributed by atoms with Crippen LogP contribution >= 0.6 is 11.6 Å². The van der Waals surface area contributed by atoms with E-state index in [4.69, 9.17) is 11.6 Å². The number of hydrogen-bond acceptors (Lipinski definition) is 2. The molecule has 0 aliphatic rings. The highest BCUT2D eigenvalue weighted by atomic mass is 35.5. The minimum Gasteiger partial charge on any atom is -0.278 e. The Morgan fingerprint density at radius 1 is 1.21 bits per heavy atom. The van der Waals surface area contributed by atoms with Crippen molar-refractivity contribution in [1.82, 2.24) is 0 Å². The van der Waals surface area contributed by atoms with E-state index in [1.807, 2.05) is 38.1 Å². The number of nitrogens with one attached hydrogen (secondary N) is 1. The lowest BCUT2D eigenvalue weighted by Gasteiger charge is -2.06. The highest BCUT2D eigenvalue weighted by molar-refractivity contribution is 6.34. The minimum absolute atomic E-state index is 0.354. The Kier molecular flexibility index (Phi) is 4.17. The van der Waals surface area contributed by atoms with Crippen molar-refractivity contribution in [1.29, 1.82) is 0 Å². The lowest BCUT2D eigenvalue weighted by atomic mass is 10.1. The second-order valence-electron chi connectivity index (χ2n) is 4.30. The molecule has 0 radical (unpaired) electrons. The third-order valence-electron chi connectivity index (χ3n) is 2.69. The molecule has 0 bridgehead atoms. The van der Waals surface area contributed by atoms with E-state index < -0.39 is 0 Å². The van der Waals surface area contributed by atoms with E-state index in [-0.39, 0.29) is 5.82 Å². The van der Waals surface area contributed by atoms with Gasteiger partial charge < -0.3 is 0 Å². The summed E-state index contributed by atoms with van der Waals surface area (Å²) in [6, 6.07) is 12.1. The summed E-state index contributed by atoms with van der Waals surface area (Å²) >= 11 is 5.98. The third-order valence-corrected chi connectivity index (χ3v) is 3.00. The van der Waals surface area contributed by atoms with Crippen LogP contribution in [-0.4, -0.2) is 5.71 Å². The van der Waals surface area contributed by atoms with Crippen LogP contribution in [0.15, 0.2) is 47.6 Å². The van der Waals surface area contributed by atoms with Crippen LogP contribution in [0.25, 0.3) is 0 Å². The van der Waals surface area contributed by atoms with Crippen molar-refractivity contribution in [2.45, 2.75) is 13.8 Å². The predicted molar refractivity (Wildman–Crippen MR) is 78.4 cm³/mol. The average Bonchev–Trinajstić information content (AvgIpc) is 2.36. The van der Waals surface area contributed by atoms with E-state index in [2.05, 4.69) is 10.5 Å². The Morgan fingerprint density at radius 2 is 2.00 bits per heavy atom. The van der Waals surface area contributed by atoms with Gasteiger partial charge in [-0.3, -0.25) is 5.43 Å². The maximum atomic E-state index is 13.0. The zero-order valence-corrected chi connectivity index (χ0v) is 11.5. The molecule has 98 valence electrons. The van der Waals surface area contributed by atoms with Crippen LogP contribution in [0.3, 0.4) is 0 Å². The zero-order chi connectivity index (χ0) is 13.8. The van der Waals surface area contributed by atoms with Crippen molar-refractivity contribution in [2.24, 2.45) is 5.10 Å². The van der Waals surface area contributed by atoms with Crippen LogP contribution in [0.1, 0.15) is 18.1 Å². The lowest BCUT2D eigenvalue weighted by molar-refractivity contribution is 0.628. The Hall–Kier alpha value is -1.87. The van der Waals surface area contributed by atoms with Crippen LogP contribution in [0.2, 0.25) is 5.02 Å². The molecule has 0 spiro atoms. The molecule has 2 aromatic carbocycles. The van der Waals surface area contributed by atoms with Gasteiger partial charge in [-0.2, -0.15) is 5.10 Å². The summed E-state index contributed by atoms with van der Waals surface area (Å²) < 4.78 is 13.0. The van der Waals surface area contributed by atoms with Gasteiger partial charge in [-0.05, 0) is 49.7 Å². The number of anilines is 1. The number of benzene rings is 2. The quantitative estimate of drug-likeness (QED) is 0.642. The molecule has 0 aromatic heterocycles. The Bertz CT molecular complexity index is 623. The largest absolute Gasteiger partial charge is 0.278 e. The van der Waals surface area contributed by atoms with Crippen molar-refractivity contribution in [3.8, 4) is 0 Å². The van der Waals surface area contributed by atoms with Crippen LogP contribution in [0.5, 0.6) is 0 Å². The molecule has 0 aliphatic heterocycles. The van der Waals surface area contributed by atoms with E-state index in [0.29, 0.717) is 16.3 Å². The number of rotatable bonds is 3. The summed E-state index contributed by atoms with van der Waals surface area (Å²) in [5, 5.41) is 4.61. The SMILES string of the molecule is C/C(=N/Nc1cccc(C)c1)c1ccc(F)cc1Cl. The van der Waals surface area contributed by atoms with Gasteiger partial charge in [0.25, 0.3) is 0 Å². The van der Waals surface area contributed by atoms with Crippen LogP contribution in [-0.2, 0) is 0 Å². The fraction of sp³-hybridized carbons (Fsp3) is 0.133. The first-order chi connectivity index (χ1) is 9.06. The lowest BCUT2D eigenvalue weighted by Crippen LogP contribution is -2.01.